The number of carbonyl (C=O) groups excluding carboxylic acids is 4. The Hall–Kier alpha value is -5.49. The van der Waals surface area contributed by atoms with Gasteiger partial charge < -0.3 is 50.0 Å². The van der Waals surface area contributed by atoms with Crippen LogP contribution in [0.3, 0.4) is 0 Å². The molecule has 1 atom stereocenters. The van der Waals surface area contributed by atoms with Crippen molar-refractivity contribution in [2.75, 3.05) is 65.1 Å². The van der Waals surface area contributed by atoms with Gasteiger partial charge in [0.15, 0.2) is 33.1 Å². The lowest BCUT2D eigenvalue weighted by Gasteiger charge is -2.45. The largest absolute Gasteiger partial charge is 0.359 e. The highest BCUT2D eigenvalue weighted by Crippen LogP contribution is 2.33. The molecule has 0 radical (unpaired) electrons. The summed E-state index contributed by atoms with van der Waals surface area (Å²) in [6, 6.07) is 7.19. The van der Waals surface area contributed by atoms with Crippen LogP contribution in [0.4, 0.5) is 23.3 Å². The van der Waals surface area contributed by atoms with Gasteiger partial charge in [-0.3, -0.25) is 29.0 Å². The van der Waals surface area contributed by atoms with E-state index in [1.807, 2.05) is 130 Å². The van der Waals surface area contributed by atoms with Gasteiger partial charge in [0.25, 0.3) is 0 Å². The molecule has 0 aromatic carbocycles. The minimum absolute atomic E-state index is 0.0885. The predicted molar refractivity (Wildman–Crippen MR) is 331 cm³/mol. The first-order valence-corrected chi connectivity index (χ1v) is 31.7. The molecule has 5 heterocycles. The molecule has 1 saturated carbocycles. The molecule has 6 N–H and O–H groups in total. The van der Waals surface area contributed by atoms with E-state index in [1.165, 1.54) is 11.3 Å². The van der Waals surface area contributed by atoms with Crippen molar-refractivity contribution in [3.63, 3.8) is 0 Å². The fourth-order valence-electron chi connectivity index (χ4n) is 9.02. The Balaban J connectivity index is 0.000000319. The molecule has 4 aromatic rings. The van der Waals surface area contributed by atoms with Crippen LogP contribution >= 0.6 is 0 Å². The summed E-state index contributed by atoms with van der Waals surface area (Å²) in [4.78, 5) is 56.6. The summed E-state index contributed by atoms with van der Waals surface area (Å²) in [6.07, 6.45) is 8.52. The molecule has 1 saturated heterocycles. The number of nitrogens with zero attached hydrogens (tertiary/aromatic N) is 6. The van der Waals surface area contributed by atoms with Crippen LogP contribution in [0.25, 0.3) is 0 Å². The number of rotatable bonds is 20. The fraction of sp³-hybridized carbons (Fsp3) is 0.738. The SMILES string of the molecule is CC(C)(NC1CCCCC1)C(=O)N(CC(C)(C(=O)Nc1cc(C(C)(C)C)on1)N1CCS(=O)(=O)CC1)c1cc(C(C)(C)C)on1.CCCCNC(C)(C)C(=O)Nc1cc(C(C)(C)C)on1.CCCNC(C)(C)C(=O)Nc1cc(C(C)(C)C)on1. The number of unbranched alkanes of at least 4 members (excludes halogenated alkanes) is 1. The lowest BCUT2D eigenvalue weighted by molar-refractivity contribution is -0.128. The highest BCUT2D eigenvalue weighted by atomic mass is 32.2. The Morgan fingerprint density at radius 3 is 1.31 bits per heavy atom. The first-order chi connectivity index (χ1) is 38.5. The van der Waals surface area contributed by atoms with Crippen molar-refractivity contribution in [3.05, 3.63) is 47.3 Å². The second-order valence-electron chi connectivity index (χ2n) is 28.5. The summed E-state index contributed by atoms with van der Waals surface area (Å²) >= 11 is 0. The number of aromatic nitrogens is 4. The lowest BCUT2D eigenvalue weighted by atomic mass is 9.91. The van der Waals surface area contributed by atoms with Crippen LogP contribution in [0.1, 0.15) is 220 Å². The number of sulfone groups is 1. The number of hydrogen-bond acceptors (Lipinski definition) is 18. The minimum Gasteiger partial charge on any atom is -0.359 e. The summed E-state index contributed by atoms with van der Waals surface area (Å²) in [5, 5.41) is 34.7. The van der Waals surface area contributed by atoms with Gasteiger partial charge in [-0.2, -0.15) is 0 Å². The standard InChI is InChI=1S/C32H52N6O6S.C15H27N3O2.C14H25N3O2/c1-29(2,3)23-19-25(35-43-23)33-27(39)32(9,37-15-17-45(41,42)18-16-37)21-38(26-20-24(44-36-26)30(4,5)6)28(40)31(7,8)34-22-13-11-10-12-14-22;1-7-8-9-16-15(5,6)13(19)17-12-10-11(20-18-12)14(2,3)4;1-7-8-15-14(5,6)12(18)16-11-9-10(19-17-11)13(2,3)4/h19-20,22,34H,10-18,21H2,1-9H3,(H,33,35,39);10,16H,7-9H2,1-6H3,(H,17,18,19);9,15H,7-8H2,1-6H3,(H,16,17,18). The molecular formula is C61H104N12O10S. The van der Waals surface area contributed by atoms with Crippen LogP contribution in [-0.4, -0.2) is 130 Å². The van der Waals surface area contributed by atoms with Gasteiger partial charge in [-0.25, -0.2) is 8.42 Å². The first kappa shape index (κ1) is 71.0. The Morgan fingerprint density at radius 1 is 0.536 bits per heavy atom. The molecule has 2 fully saturated rings. The summed E-state index contributed by atoms with van der Waals surface area (Å²) in [5.41, 5.74) is -4.54. The van der Waals surface area contributed by atoms with Crippen molar-refractivity contribution >= 4 is 56.7 Å². The predicted octanol–water partition coefficient (Wildman–Crippen LogP) is 10.2. The van der Waals surface area contributed by atoms with Crippen molar-refractivity contribution in [2.24, 2.45) is 0 Å². The quantitative estimate of drug-likeness (QED) is 0.0449. The molecule has 2 aliphatic rings. The highest BCUT2D eigenvalue weighted by Gasteiger charge is 2.48. The van der Waals surface area contributed by atoms with Crippen LogP contribution in [0.15, 0.2) is 42.4 Å². The number of amides is 4. The van der Waals surface area contributed by atoms with E-state index in [-0.39, 0.29) is 82.4 Å². The van der Waals surface area contributed by atoms with Crippen LogP contribution in [0.2, 0.25) is 0 Å². The van der Waals surface area contributed by atoms with Crippen molar-refractivity contribution in [1.29, 1.82) is 0 Å². The van der Waals surface area contributed by atoms with E-state index < -0.39 is 37.9 Å². The molecule has 23 heteroatoms. The van der Waals surface area contributed by atoms with E-state index in [0.29, 0.717) is 29.0 Å². The maximum Gasteiger partial charge on any atom is 0.248 e. The molecule has 1 aliphatic heterocycles. The third kappa shape index (κ3) is 20.6. The topological polar surface area (TPSA) is 285 Å². The Morgan fingerprint density at radius 2 is 0.929 bits per heavy atom. The van der Waals surface area contributed by atoms with Gasteiger partial charge in [-0.15, -0.1) is 0 Å². The maximum absolute atomic E-state index is 14.6. The second-order valence-corrected chi connectivity index (χ2v) is 30.8. The first-order valence-electron chi connectivity index (χ1n) is 29.9. The summed E-state index contributed by atoms with van der Waals surface area (Å²) in [7, 11) is -3.24. The monoisotopic (exact) mass is 1200 g/mol. The number of nitrogens with one attached hydrogen (secondary N) is 6. The molecule has 474 valence electrons. The number of carbonyl (C=O) groups is 4. The fourth-order valence-corrected chi connectivity index (χ4v) is 10.2. The molecule has 4 aromatic heterocycles. The molecule has 4 amide bonds. The minimum atomic E-state index is -3.24. The Kier molecular flexibility index (Phi) is 24.0. The van der Waals surface area contributed by atoms with E-state index in [9.17, 15) is 27.6 Å². The van der Waals surface area contributed by atoms with Crippen molar-refractivity contribution in [3.8, 4) is 0 Å². The lowest BCUT2D eigenvalue weighted by Crippen LogP contribution is -2.66. The van der Waals surface area contributed by atoms with Crippen molar-refractivity contribution in [1.82, 2.24) is 41.5 Å². The van der Waals surface area contributed by atoms with Gasteiger partial charge in [0.05, 0.1) is 34.7 Å². The summed E-state index contributed by atoms with van der Waals surface area (Å²) in [6.45, 7) is 43.0. The molecule has 1 aliphatic carbocycles. The second kappa shape index (κ2) is 28.3. The van der Waals surface area contributed by atoms with Crippen LogP contribution < -0.4 is 36.8 Å². The van der Waals surface area contributed by atoms with E-state index in [4.69, 9.17) is 18.1 Å². The molecule has 0 spiro atoms. The van der Waals surface area contributed by atoms with E-state index in [2.05, 4.69) is 66.4 Å². The molecule has 1 unspecified atom stereocenters. The van der Waals surface area contributed by atoms with E-state index in [0.717, 1.165) is 69.6 Å². The average molecular weight is 1200 g/mol. The third-order valence-corrected chi connectivity index (χ3v) is 16.6. The summed E-state index contributed by atoms with van der Waals surface area (Å²) in [5.74, 6) is 3.07. The van der Waals surface area contributed by atoms with Gasteiger partial charge in [-0.1, -0.05) is 143 Å². The van der Waals surface area contributed by atoms with Gasteiger partial charge >= 0.3 is 0 Å². The van der Waals surface area contributed by atoms with E-state index >= 15 is 0 Å². The smallest absolute Gasteiger partial charge is 0.248 e. The number of hydrogen-bond donors (Lipinski definition) is 6. The zero-order valence-corrected chi connectivity index (χ0v) is 55.5. The molecular weight excluding hydrogens is 1090 g/mol. The van der Waals surface area contributed by atoms with Gasteiger partial charge in [0.2, 0.25) is 23.6 Å². The third-order valence-electron chi connectivity index (χ3n) is 15.0. The van der Waals surface area contributed by atoms with Gasteiger partial charge in [-0.05, 0) is 87.2 Å². The molecule has 6 rings (SSSR count). The Bertz CT molecular complexity index is 2870. The van der Waals surface area contributed by atoms with Crippen molar-refractivity contribution < 1.29 is 45.7 Å². The van der Waals surface area contributed by atoms with Crippen molar-refractivity contribution in [2.45, 2.75) is 247 Å². The van der Waals surface area contributed by atoms with E-state index in [1.54, 1.807) is 31.2 Å². The van der Waals surface area contributed by atoms with Crippen LogP contribution in [0, 0.1) is 0 Å². The zero-order chi connectivity index (χ0) is 63.5. The highest BCUT2D eigenvalue weighted by molar-refractivity contribution is 7.91. The van der Waals surface area contributed by atoms with Gasteiger partial charge in [0, 0.05) is 65.1 Å². The van der Waals surface area contributed by atoms with Crippen LogP contribution in [0.5, 0.6) is 0 Å². The van der Waals surface area contributed by atoms with Crippen LogP contribution in [-0.2, 0) is 50.7 Å². The Labute approximate surface area is 500 Å². The maximum atomic E-state index is 14.6. The average Bonchev–Trinajstić information content (AvgIpc) is 2.40. The molecule has 0 bridgehead atoms. The number of anilines is 4. The van der Waals surface area contributed by atoms with Gasteiger partial charge in [0.1, 0.15) is 28.6 Å². The summed E-state index contributed by atoms with van der Waals surface area (Å²) < 4.78 is 46.5. The molecule has 22 nitrogen and oxygen atoms in total. The molecule has 84 heavy (non-hydrogen) atoms. The zero-order valence-electron chi connectivity index (χ0n) is 54.7. The normalized spacial score (nSPS) is 16.5.